The fourth-order valence-electron chi connectivity index (χ4n) is 3.58. The Labute approximate surface area is 195 Å². The lowest BCUT2D eigenvalue weighted by atomic mass is 9.85. The maximum atomic E-state index is 13.3. The fraction of sp³-hybridized carbons (Fsp3) is 0.231. The molecule has 3 aromatic carbocycles. The molecule has 178 valence electrons. The molecule has 0 spiro atoms. The molecule has 0 aliphatic carbocycles. The zero-order chi connectivity index (χ0) is 25.1. The van der Waals surface area contributed by atoms with Crippen molar-refractivity contribution in [1.82, 2.24) is 0 Å². The minimum atomic E-state index is -4.81. The Bertz CT molecular complexity index is 1180. The maximum Gasteiger partial charge on any atom is 0.573 e. The number of rotatable bonds is 4. The number of para-hydroxylation sites is 2. The van der Waals surface area contributed by atoms with E-state index < -0.39 is 18.2 Å². The summed E-state index contributed by atoms with van der Waals surface area (Å²) in [5, 5.41) is 0. The van der Waals surface area contributed by atoms with Crippen molar-refractivity contribution in [1.29, 1.82) is 0 Å². The van der Waals surface area contributed by atoms with Crippen LogP contribution >= 0.6 is 0 Å². The highest BCUT2D eigenvalue weighted by atomic mass is 19.4. The number of alkyl halides is 3. The molecule has 34 heavy (non-hydrogen) atoms. The van der Waals surface area contributed by atoms with E-state index >= 15 is 0 Å². The first-order valence-electron chi connectivity index (χ1n) is 10.4. The number of amides is 1. The number of hydrogen-bond acceptors (Lipinski definition) is 4. The summed E-state index contributed by atoms with van der Waals surface area (Å²) in [6.07, 6.45) is -4.81. The topological polar surface area (TPSA) is 55.8 Å². The number of ether oxygens (including phenoxy) is 2. The lowest BCUT2D eigenvalue weighted by Crippen LogP contribution is -2.35. The van der Waals surface area contributed by atoms with Crippen LogP contribution in [0.15, 0.2) is 72.8 Å². The van der Waals surface area contributed by atoms with Crippen molar-refractivity contribution >= 4 is 23.3 Å². The number of hydrogen-bond donors (Lipinski definition) is 0. The van der Waals surface area contributed by atoms with Crippen LogP contribution < -0.4 is 9.64 Å². The summed E-state index contributed by atoms with van der Waals surface area (Å²) in [7, 11) is 1.12. The second-order valence-corrected chi connectivity index (χ2v) is 8.49. The standard InChI is InChI=1S/C26H24F3NO4/c1-25(2,3)20-10-6-8-12-22(20)30(23(31)24(32)33-4)21-11-7-5-9-19(21)17-13-15-18(16-14-17)34-26(27,28)29/h5-16H,1-4H3. The van der Waals surface area contributed by atoms with E-state index in [0.29, 0.717) is 22.5 Å². The summed E-state index contributed by atoms with van der Waals surface area (Å²) < 4.78 is 46.3. The van der Waals surface area contributed by atoms with Gasteiger partial charge < -0.3 is 9.47 Å². The van der Waals surface area contributed by atoms with Gasteiger partial charge >= 0.3 is 18.2 Å². The van der Waals surface area contributed by atoms with Gasteiger partial charge in [-0.2, -0.15) is 0 Å². The van der Waals surface area contributed by atoms with Crippen molar-refractivity contribution in [2.24, 2.45) is 0 Å². The van der Waals surface area contributed by atoms with Gasteiger partial charge in [-0.15, -0.1) is 13.2 Å². The van der Waals surface area contributed by atoms with Crippen LogP contribution in [-0.4, -0.2) is 25.3 Å². The zero-order valence-corrected chi connectivity index (χ0v) is 19.1. The van der Waals surface area contributed by atoms with E-state index in [4.69, 9.17) is 4.74 Å². The molecule has 0 fully saturated rings. The predicted octanol–water partition coefficient (Wildman–Crippen LogP) is 6.39. The Morgan fingerprint density at radius 2 is 1.35 bits per heavy atom. The van der Waals surface area contributed by atoms with Crippen molar-refractivity contribution < 1.29 is 32.2 Å². The first-order valence-corrected chi connectivity index (χ1v) is 10.4. The van der Waals surface area contributed by atoms with Gasteiger partial charge in [-0.25, -0.2) is 4.79 Å². The number of halogens is 3. The van der Waals surface area contributed by atoms with Crippen molar-refractivity contribution in [2.45, 2.75) is 32.5 Å². The SMILES string of the molecule is COC(=O)C(=O)N(c1ccccc1-c1ccc(OC(F)(F)F)cc1)c1ccccc1C(C)(C)C. The van der Waals surface area contributed by atoms with Gasteiger partial charge in [0, 0.05) is 5.56 Å². The summed E-state index contributed by atoms with van der Waals surface area (Å²) in [6, 6.07) is 19.3. The second-order valence-electron chi connectivity index (χ2n) is 8.49. The quantitative estimate of drug-likeness (QED) is 0.327. The van der Waals surface area contributed by atoms with Gasteiger partial charge in [-0.05, 0) is 40.8 Å². The molecule has 1 amide bonds. The lowest BCUT2D eigenvalue weighted by Gasteiger charge is -2.30. The van der Waals surface area contributed by atoms with Crippen LogP contribution in [0.2, 0.25) is 0 Å². The summed E-state index contributed by atoms with van der Waals surface area (Å²) >= 11 is 0. The second kappa shape index (κ2) is 9.59. The van der Waals surface area contributed by atoms with Crippen LogP contribution in [0.5, 0.6) is 5.75 Å². The maximum absolute atomic E-state index is 13.3. The van der Waals surface area contributed by atoms with Crippen LogP contribution in [0.1, 0.15) is 26.3 Å². The van der Waals surface area contributed by atoms with E-state index in [2.05, 4.69) is 4.74 Å². The number of esters is 1. The van der Waals surface area contributed by atoms with Crippen LogP contribution in [-0.2, 0) is 19.7 Å². The summed E-state index contributed by atoms with van der Waals surface area (Å²) in [6.45, 7) is 5.95. The molecule has 5 nitrogen and oxygen atoms in total. The Morgan fingerprint density at radius 1 is 0.794 bits per heavy atom. The highest BCUT2D eigenvalue weighted by molar-refractivity contribution is 6.40. The molecule has 0 heterocycles. The third kappa shape index (κ3) is 5.57. The van der Waals surface area contributed by atoms with Gasteiger partial charge in [0.15, 0.2) is 0 Å². The molecule has 0 aromatic heterocycles. The molecule has 0 atom stereocenters. The molecule has 8 heteroatoms. The van der Waals surface area contributed by atoms with E-state index in [-0.39, 0.29) is 11.2 Å². The Kier molecular flexibility index (Phi) is 7.00. The highest BCUT2D eigenvalue weighted by Crippen LogP contribution is 2.40. The Balaban J connectivity index is 2.19. The van der Waals surface area contributed by atoms with Crippen molar-refractivity contribution in [3.63, 3.8) is 0 Å². The molecule has 3 rings (SSSR count). The number of carbonyl (C=O) groups excluding carboxylic acids is 2. The number of nitrogens with zero attached hydrogens (tertiary/aromatic N) is 1. The number of carbonyl (C=O) groups is 2. The van der Waals surface area contributed by atoms with E-state index in [0.717, 1.165) is 12.7 Å². The normalized spacial score (nSPS) is 11.6. The summed E-state index contributed by atoms with van der Waals surface area (Å²) in [5.74, 6) is -2.31. The van der Waals surface area contributed by atoms with Gasteiger partial charge in [-0.3, -0.25) is 9.69 Å². The molecular formula is C26H24F3NO4. The van der Waals surface area contributed by atoms with E-state index in [1.54, 1.807) is 36.4 Å². The molecule has 0 saturated heterocycles. The first kappa shape index (κ1) is 24.8. The van der Waals surface area contributed by atoms with Crippen molar-refractivity contribution in [2.75, 3.05) is 12.0 Å². The smallest absolute Gasteiger partial charge is 0.462 e. The van der Waals surface area contributed by atoms with Gasteiger partial charge in [0.1, 0.15) is 5.75 Å². The minimum absolute atomic E-state index is 0.364. The molecule has 0 N–H and O–H groups in total. The third-order valence-corrected chi connectivity index (χ3v) is 5.06. The van der Waals surface area contributed by atoms with Crippen molar-refractivity contribution in [3.8, 4) is 16.9 Å². The highest BCUT2D eigenvalue weighted by Gasteiger charge is 2.32. The van der Waals surface area contributed by atoms with E-state index in [9.17, 15) is 22.8 Å². The summed E-state index contributed by atoms with van der Waals surface area (Å²) in [5.41, 5.74) is 2.38. The average Bonchev–Trinajstić information content (AvgIpc) is 2.78. The van der Waals surface area contributed by atoms with Crippen LogP contribution in [0.3, 0.4) is 0 Å². The first-order chi connectivity index (χ1) is 15.9. The molecule has 0 unspecified atom stereocenters. The molecule has 0 saturated carbocycles. The molecule has 0 aliphatic rings. The van der Waals surface area contributed by atoms with Gasteiger partial charge in [0.05, 0.1) is 18.5 Å². The van der Waals surface area contributed by atoms with Gasteiger partial charge in [0.25, 0.3) is 0 Å². The Morgan fingerprint density at radius 3 is 1.91 bits per heavy atom. The predicted molar refractivity (Wildman–Crippen MR) is 123 cm³/mol. The zero-order valence-electron chi connectivity index (χ0n) is 19.1. The Hall–Kier alpha value is -3.81. The van der Waals surface area contributed by atoms with E-state index in [1.165, 1.54) is 29.2 Å². The van der Waals surface area contributed by atoms with Crippen LogP contribution in [0, 0.1) is 0 Å². The fourth-order valence-corrected chi connectivity index (χ4v) is 3.58. The molecule has 3 aromatic rings. The number of anilines is 2. The van der Waals surface area contributed by atoms with Gasteiger partial charge in [-0.1, -0.05) is 69.3 Å². The van der Waals surface area contributed by atoms with Crippen molar-refractivity contribution in [3.05, 3.63) is 78.4 Å². The molecular weight excluding hydrogens is 447 g/mol. The monoisotopic (exact) mass is 471 g/mol. The minimum Gasteiger partial charge on any atom is -0.462 e. The summed E-state index contributed by atoms with van der Waals surface area (Å²) in [4.78, 5) is 26.9. The molecule has 0 aliphatic heterocycles. The number of benzene rings is 3. The largest absolute Gasteiger partial charge is 0.573 e. The lowest BCUT2D eigenvalue weighted by molar-refractivity contribution is -0.274. The van der Waals surface area contributed by atoms with Crippen LogP contribution in [0.4, 0.5) is 24.5 Å². The molecule has 0 bridgehead atoms. The van der Waals surface area contributed by atoms with Gasteiger partial charge in [0.2, 0.25) is 0 Å². The third-order valence-electron chi connectivity index (χ3n) is 5.06. The van der Waals surface area contributed by atoms with Crippen LogP contribution in [0.25, 0.3) is 11.1 Å². The number of methoxy groups -OCH3 is 1. The van der Waals surface area contributed by atoms with E-state index in [1.807, 2.05) is 32.9 Å². The average molecular weight is 471 g/mol. The molecule has 0 radical (unpaired) electrons.